The first-order valence-corrected chi connectivity index (χ1v) is 5.20. The molecule has 1 unspecified atom stereocenters. The van der Waals surface area contributed by atoms with Crippen molar-refractivity contribution in [2.24, 2.45) is 5.73 Å². The first kappa shape index (κ1) is 12.1. The monoisotopic (exact) mass is 225 g/mol. The third kappa shape index (κ3) is 3.57. The van der Waals surface area contributed by atoms with Crippen molar-refractivity contribution in [2.45, 2.75) is 19.9 Å². The molecule has 0 aromatic heterocycles. The second kappa shape index (κ2) is 5.19. The SMILES string of the molecule is C=C(C)COc1ccc(Cl)cc1C(C)N. The van der Waals surface area contributed by atoms with Crippen molar-refractivity contribution in [1.29, 1.82) is 0 Å². The molecular weight excluding hydrogens is 210 g/mol. The van der Waals surface area contributed by atoms with Crippen LogP contribution < -0.4 is 10.5 Å². The summed E-state index contributed by atoms with van der Waals surface area (Å²) in [6.07, 6.45) is 0. The number of rotatable bonds is 4. The fourth-order valence-corrected chi connectivity index (χ4v) is 1.39. The highest BCUT2D eigenvalue weighted by atomic mass is 35.5. The topological polar surface area (TPSA) is 35.2 Å². The van der Waals surface area contributed by atoms with Crippen molar-refractivity contribution >= 4 is 11.6 Å². The molecule has 15 heavy (non-hydrogen) atoms. The van der Waals surface area contributed by atoms with Gasteiger partial charge in [0.15, 0.2) is 0 Å². The molecule has 2 N–H and O–H groups in total. The van der Waals surface area contributed by atoms with Crippen LogP contribution in [0.2, 0.25) is 5.02 Å². The molecule has 0 aliphatic rings. The Balaban J connectivity index is 2.90. The largest absolute Gasteiger partial charge is 0.489 e. The molecule has 1 aromatic rings. The molecule has 0 saturated carbocycles. The van der Waals surface area contributed by atoms with Crippen molar-refractivity contribution in [3.8, 4) is 5.75 Å². The normalized spacial score (nSPS) is 12.3. The van der Waals surface area contributed by atoms with Crippen molar-refractivity contribution in [1.82, 2.24) is 0 Å². The molecule has 3 heteroatoms. The molecule has 0 fully saturated rings. The Labute approximate surface area is 95.7 Å². The summed E-state index contributed by atoms with van der Waals surface area (Å²) in [4.78, 5) is 0. The van der Waals surface area contributed by atoms with E-state index in [9.17, 15) is 0 Å². The van der Waals surface area contributed by atoms with E-state index < -0.39 is 0 Å². The zero-order valence-electron chi connectivity index (χ0n) is 9.09. The molecular formula is C12H16ClNO. The van der Waals surface area contributed by atoms with Gasteiger partial charge in [0.05, 0.1) is 0 Å². The van der Waals surface area contributed by atoms with E-state index in [1.165, 1.54) is 0 Å². The van der Waals surface area contributed by atoms with Gasteiger partial charge in [-0.1, -0.05) is 18.2 Å². The molecule has 0 aliphatic heterocycles. The fraction of sp³-hybridized carbons (Fsp3) is 0.333. The molecule has 0 aliphatic carbocycles. The number of halogens is 1. The van der Waals surface area contributed by atoms with Crippen LogP contribution in [0.3, 0.4) is 0 Å². The lowest BCUT2D eigenvalue weighted by atomic mass is 10.1. The summed E-state index contributed by atoms with van der Waals surface area (Å²) in [5.41, 5.74) is 7.72. The summed E-state index contributed by atoms with van der Waals surface area (Å²) in [5.74, 6) is 0.775. The van der Waals surface area contributed by atoms with Crippen molar-refractivity contribution in [3.05, 3.63) is 40.9 Å². The van der Waals surface area contributed by atoms with E-state index in [4.69, 9.17) is 22.1 Å². The highest BCUT2D eigenvalue weighted by molar-refractivity contribution is 6.30. The molecule has 0 radical (unpaired) electrons. The number of hydrogen-bond donors (Lipinski definition) is 1. The van der Waals surface area contributed by atoms with E-state index in [1.54, 1.807) is 6.07 Å². The van der Waals surface area contributed by atoms with Gasteiger partial charge in [0, 0.05) is 16.6 Å². The van der Waals surface area contributed by atoms with Crippen LogP contribution in [0.4, 0.5) is 0 Å². The van der Waals surface area contributed by atoms with Gasteiger partial charge in [-0.3, -0.25) is 0 Å². The highest BCUT2D eigenvalue weighted by Gasteiger charge is 2.08. The number of hydrogen-bond acceptors (Lipinski definition) is 2. The summed E-state index contributed by atoms with van der Waals surface area (Å²) < 4.78 is 5.58. The summed E-state index contributed by atoms with van der Waals surface area (Å²) in [7, 11) is 0. The van der Waals surface area contributed by atoms with Crippen molar-refractivity contribution < 1.29 is 4.74 Å². The molecule has 0 heterocycles. The molecule has 2 nitrogen and oxygen atoms in total. The maximum absolute atomic E-state index is 5.89. The van der Waals surface area contributed by atoms with E-state index in [2.05, 4.69) is 6.58 Å². The average Bonchev–Trinajstić information content (AvgIpc) is 2.15. The Bertz CT molecular complexity index is 361. The second-order valence-electron chi connectivity index (χ2n) is 3.72. The van der Waals surface area contributed by atoms with Crippen molar-refractivity contribution in [3.63, 3.8) is 0 Å². The van der Waals surface area contributed by atoms with Gasteiger partial charge in [0.1, 0.15) is 12.4 Å². The summed E-state index contributed by atoms with van der Waals surface area (Å²) in [6, 6.07) is 5.37. The predicted octanol–water partition coefficient (Wildman–Crippen LogP) is 3.31. The highest BCUT2D eigenvalue weighted by Crippen LogP contribution is 2.27. The molecule has 82 valence electrons. The smallest absolute Gasteiger partial charge is 0.124 e. The van der Waals surface area contributed by atoms with E-state index >= 15 is 0 Å². The van der Waals surface area contributed by atoms with Crippen LogP contribution in [-0.4, -0.2) is 6.61 Å². The Morgan fingerprint density at radius 1 is 1.60 bits per heavy atom. The first-order valence-electron chi connectivity index (χ1n) is 4.83. The standard InChI is InChI=1S/C12H16ClNO/c1-8(2)7-15-12-5-4-10(13)6-11(12)9(3)14/h4-6,9H,1,7,14H2,2-3H3. The zero-order chi connectivity index (χ0) is 11.4. The Hall–Kier alpha value is -0.990. The number of nitrogens with two attached hydrogens (primary N) is 1. The third-order valence-electron chi connectivity index (χ3n) is 1.94. The third-order valence-corrected chi connectivity index (χ3v) is 2.17. The predicted molar refractivity (Wildman–Crippen MR) is 64.4 cm³/mol. The molecule has 1 atom stereocenters. The molecule has 0 amide bonds. The van der Waals surface area contributed by atoms with Gasteiger partial charge in [-0.15, -0.1) is 0 Å². The van der Waals surface area contributed by atoms with E-state index in [1.807, 2.05) is 26.0 Å². The number of benzene rings is 1. The summed E-state index contributed by atoms with van der Waals surface area (Å²) in [6.45, 7) is 8.10. The Morgan fingerprint density at radius 3 is 2.80 bits per heavy atom. The molecule has 0 saturated heterocycles. The zero-order valence-corrected chi connectivity index (χ0v) is 9.84. The van der Waals surface area contributed by atoms with Crippen LogP contribution in [0.25, 0.3) is 0 Å². The summed E-state index contributed by atoms with van der Waals surface area (Å²) >= 11 is 5.89. The Kier molecular flexibility index (Phi) is 4.18. The van der Waals surface area contributed by atoms with E-state index in [0.29, 0.717) is 11.6 Å². The van der Waals surface area contributed by atoms with E-state index in [0.717, 1.165) is 16.9 Å². The lowest BCUT2D eigenvalue weighted by Crippen LogP contribution is -2.08. The molecule has 0 spiro atoms. The summed E-state index contributed by atoms with van der Waals surface area (Å²) in [5, 5.41) is 0.671. The maximum Gasteiger partial charge on any atom is 0.124 e. The van der Waals surface area contributed by atoms with Crippen LogP contribution in [0.5, 0.6) is 5.75 Å². The van der Waals surface area contributed by atoms with E-state index in [-0.39, 0.29) is 6.04 Å². The lowest BCUT2D eigenvalue weighted by Gasteiger charge is -2.14. The van der Waals surface area contributed by atoms with Crippen LogP contribution in [-0.2, 0) is 0 Å². The molecule has 0 bridgehead atoms. The van der Waals surface area contributed by atoms with Gasteiger partial charge in [0.2, 0.25) is 0 Å². The van der Waals surface area contributed by atoms with Crippen LogP contribution in [0, 0.1) is 0 Å². The minimum absolute atomic E-state index is 0.0937. The first-order chi connectivity index (χ1) is 7.00. The van der Waals surface area contributed by atoms with Gasteiger partial charge in [-0.05, 0) is 37.6 Å². The van der Waals surface area contributed by atoms with Crippen LogP contribution in [0.15, 0.2) is 30.4 Å². The average molecular weight is 226 g/mol. The Morgan fingerprint density at radius 2 is 2.27 bits per heavy atom. The number of ether oxygens (including phenoxy) is 1. The molecule has 1 rings (SSSR count). The van der Waals surface area contributed by atoms with Crippen LogP contribution >= 0.6 is 11.6 Å². The van der Waals surface area contributed by atoms with Gasteiger partial charge >= 0.3 is 0 Å². The van der Waals surface area contributed by atoms with Crippen LogP contribution in [0.1, 0.15) is 25.5 Å². The van der Waals surface area contributed by atoms with Gasteiger partial charge < -0.3 is 10.5 Å². The molecule has 1 aromatic carbocycles. The minimum atomic E-state index is -0.0937. The fourth-order valence-electron chi connectivity index (χ4n) is 1.21. The van der Waals surface area contributed by atoms with Gasteiger partial charge in [0.25, 0.3) is 0 Å². The second-order valence-corrected chi connectivity index (χ2v) is 4.15. The van der Waals surface area contributed by atoms with Gasteiger partial charge in [-0.25, -0.2) is 0 Å². The van der Waals surface area contributed by atoms with Gasteiger partial charge in [-0.2, -0.15) is 0 Å². The van der Waals surface area contributed by atoms with Crippen molar-refractivity contribution in [2.75, 3.05) is 6.61 Å². The lowest BCUT2D eigenvalue weighted by molar-refractivity contribution is 0.347. The maximum atomic E-state index is 5.89. The minimum Gasteiger partial charge on any atom is -0.489 e. The quantitative estimate of drug-likeness (QED) is 0.798.